The first kappa shape index (κ1) is 23.8. The molecule has 0 fully saturated rings. The van der Waals surface area contributed by atoms with Gasteiger partial charge in [-0.15, -0.1) is 0 Å². The molecule has 7 nitrogen and oxygen atoms in total. The van der Waals surface area contributed by atoms with Crippen molar-refractivity contribution < 1.29 is 21.6 Å². The van der Waals surface area contributed by atoms with E-state index in [1.165, 1.54) is 18.2 Å². The first-order valence-corrected chi connectivity index (χ1v) is 14.3. The van der Waals surface area contributed by atoms with Crippen LogP contribution in [0.2, 0.25) is 0 Å². The Labute approximate surface area is 199 Å². The lowest BCUT2D eigenvalue weighted by molar-refractivity contribution is 0.414. The fourth-order valence-corrected chi connectivity index (χ4v) is 5.63. The van der Waals surface area contributed by atoms with E-state index in [0.717, 1.165) is 40.3 Å². The van der Waals surface area contributed by atoms with Crippen LogP contribution in [0.1, 0.15) is 17.0 Å². The predicted octanol–water partition coefficient (Wildman–Crippen LogP) is 4.23. The highest BCUT2D eigenvalue weighted by molar-refractivity contribution is 7.91. The number of sulfone groups is 2. The van der Waals surface area contributed by atoms with Gasteiger partial charge in [0, 0.05) is 42.1 Å². The van der Waals surface area contributed by atoms with Crippen molar-refractivity contribution in [2.24, 2.45) is 0 Å². The fraction of sp³-hybridized carbons (Fsp3) is 0.200. The zero-order valence-electron chi connectivity index (χ0n) is 19.1. The average molecular weight is 499 g/mol. The van der Waals surface area contributed by atoms with E-state index in [-0.39, 0.29) is 15.7 Å². The van der Waals surface area contributed by atoms with Crippen LogP contribution >= 0.6 is 0 Å². The van der Waals surface area contributed by atoms with Crippen molar-refractivity contribution in [1.29, 1.82) is 0 Å². The van der Waals surface area contributed by atoms with Crippen LogP contribution in [0.3, 0.4) is 0 Å². The molecule has 9 heteroatoms. The summed E-state index contributed by atoms with van der Waals surface area (Å²) in [5.74, 6) is 0.620. The van der Waals surface area contributed by atoms with Gasteiger partial charge in [0.05, 0.1) is 22.6 Å². The number of hydrogen-bond donors (Lipinski definition) is 2. The van der Waals surface area contributed by atoms with E-state index in [1.807, 2.05) is 54.7 Å². The predicted molar refractivity (Wildman–Crippen MR) is 134 cm³/mol. The molecule has 1 atom stereocenters. The molecular formula is C25H26N2O5S2. The smallest absolute Gasteiger partial charge is 0.177 e. The zero-order valence-corrected chi connectivity index (χ0v) is 20.7. The number of fused-ring (bicyclic) bond motifs is 1. The largest absolute Gasteiger partial charge is 0.497 e. The highest BCUT2D eigenvalue weighted by Crippen LogP contribution is 2.33. The Hall–Kier alpha value is -3.30. The highest BCUT2D eigenvalue weighted by Gasteiger charge is 2.22. The molecule has 0 aliphatic heterocycles. The van der Waals surface area contributed by atoms with Crippen molar-refractivity contribution >= 4 is 36.3 Å². The van der Waals surface area contributed by atoms with Gasteiger partial charge in [-0.3, -0.25) is 0 Å². The molecule has 0 saturated carbocycles. The maximum absolute atomic E-state index is 12.5. The number of rotatable bonds is 8. The Morgan fingerprint density at radius 2 is 1.62 bits per heavy atom. The summed E-state index contributed by atoms with van der Waals surface area (Å²) in [6.45, 7) is 0.384. The van der Waals surface area contributed by atoms with Crippen molar-refractivity contribution in [1.82, 2.24) is 4.98 Å². The molecule has 2 N–H and O–H groups in total. The molecule has 4 aromatic rings. The number of anilines is 1. The Morgan fingerprint density at radius 1 is 0.912 bits per heavy atom. The third-order valence-corrected chi connectivity index (χ3v) is 8.04. The van der Waals surface area contributed by atoms with E-state index >= 15 is 0 Å². The van der Waals surface area contributed by atoms with Crippen LogP contribution < -0.4 is 10.1 Å². The summed E-state index contributed by atoms with van der Waals surface area (Å²) < 4.78 is 54.2. The molecule has 1 aromatic heterocycles. The van der Waals surface area contributed by atoms with Crippen LogP contribution in [0.5, 0.6) is 5.75 Å². The lowest BCUT2D eigenvalue weighted by atomic mass is 9.90. The van der Waals surface area contributed by atoms with E-state index < -0.39 is 19.7 Å². The molecule has 0 amide bonds. The summed E-state index contributed by atoms with van der Waals surface area (Å²) in [4.78, 5) is 3.21. The molecule has 0 radical (unpaired) electrons. The lowest BCUT2D eigenvalue weighted by Crippen LogP contribution is -2.16. The van der Waals surface area contributed by atoms with Crippen LogP contribution in [0, 0.1) is 0 Å². The number of hydrogen-bond acceptors (Lipinski definition) is 6. The standard InChI is InChI=1S/C25H26N2O5S2/c1-32-18-10-8-17(9-11-18)21(22-16-26-23-7-5-4-6-20(22)23)15-27-24-13-12-19(33(2,28)29)14-25(24)34(3,30)31/h4-14,16,21,26-27H,15H2,1-3H3. The van der Waals surface area contributed by atoms with Crippen molar-refractivity contribution in [2.75, 3.05) is 31.5 Å². The SMILES string of the molecule is COc1ccc(C(CNc2ccc(S(C)(=O)=O)cc2S(C)(=O)=O)c2c[nH]c3ccccc23)cc1. The van der Waals surface area contributed by atoms with Gasteiger partial charge in [0.1, 0.15) is 5.75 Å². The molecule has 34 heavy (non-hydrogen) atoms. The Balaban J connectivity index is 1.76. The van der Waals surface area contributed by atoms with E-state index in [1.54, 1.807) is 7.11 Å². The Bertz CT molecular complexity index is 1540. The zero-order chi connectivity index (χ0) is 24.5. The van der Waals surface area contributed by atoms with E-state index in [0.29, 0.717) is 12.2 Å². The van der Waals surface area contributed by atoms with E-state index in [2.05, 4.69) is 10.3 Å². The fourth-order valence-electron chi connectivity index (χ4n) is 4.02. The minimum absolute atomic E-state index is 0.0400. The quantitative estimate of drug-likeness (QED) is 0.377. The molecule has 0 saturated heterocycles. The molecule has 0 bridgehead atoms. The summed E-state index contributed by atoms with van der Waals surface area (Å²) in [6, 6.07) is 19.9. The number of para-hydroxylation sites is 1. The van der Waals surface area contributed by atoms with Crippen LogP contribution in [0.4, 0.5) is 5.69 Å². The van der Waals surface area contributed by atoms with Gasteiger partial charge in [-0.2, -0.15) is 0 Å². The van der Waals surface area contributed by atoms with Crippen LogP contribution in [0.15, 0.2) is 82.7 Å². The van der Waals surface area contributed by atoms with Gasteiger partial charge in [-0.05, 0) is 47.5 Å². The Morgan fingerprint density at radius 3 is 2.26 bits per heavy atom. The van der Waals surface area contributed by atoms with Crippen molar-refractivity contribution in [3.05, 3.63) is 84.1 Å². The molecule has 1 unspecified atom stereocenters. The van der Waals surface area contributed by atoms with E-state index in [9.17, 15) is 16.8 Å². The summed E-state index contributed by atoms with van der Waals surface area (Å²) in [6.07, 6.45) is 4.09. The molecule has 1 heterocycles. The monoisotopic (exact) mass is 498 g/mol. The third kappa shape index (κ3) is 4.95. The number of H-pyrrole nitrogens is 1. The van der Waals surface area contributed by atoms with Gasteiger partial charge in [-0.1, -0.05) is 30.3 Å². The molecule has 178 valence electrons. The molecular weight excluding hydrogens is 472 g/mol. The van der Waals surface area contributed by atoms with Crippen LogP contribution in [-0.4, -0.2) is 48.0 Å². The molecule has 4 rings (SSSR count). The summed E-state index contributed by atoms with van der Waals surface area (Å²) in [7, 11) is -5.62. The number of aromatic amines is 1. The molecule has 0 spiro atoms. The summed E-state index contributed by atoms with van der Waals surface area (Å²) in [5, 5.41) is 4.33. The second-order valence-electron chi connectivity index (χ2n) is 8.20. The first-order valence-electron chi connectivity index (χ1n) is 10.6. The van der Waals surface area contributed by atoms with Gasteiger partial charge in [-0.25, -0.2) is 16.8 Å². The molecule has 0 aliphatic carbocycles. The number of ether oxygens (including phenoxy) is 1. The third-order valence-electron chi connectivity index (χ3n) is 5.79. The number of aromatic nitrogens is 1. The number of methoxy groups -OCH3 is 1. The second-order valence-corrected chi connectivity index (χ2v) is 12.2. The number of nitrogens with one attached hydrogen (secondary N) is 2. The highest BCUT2D eigenvalue weighted by atomic mass is 32.2. The average Bonchev–Trinajstić information content (AvgIpc) is 3.22. The van der Waals surface area contributed by atoms with Crippen molar-refractivity contribution in [2.45, 2.75) is 15.7 Å². The van der Waals surface area contributed by atoms with Crippen molar-refractivity contribution in [3.8, 4) is 5.75 Å². The van der Waals surface area contributed by atoms with Gasteiger partial charge in [0.25, 0.3) is 0 Å². The van der Waals surface area contributed by atoms with E-state index in [4.69, 9.17) is 4.74 Å². The van der Waals surface area contributed by atoms with Crippen LogP contribution in [-0.2, 0) is 19.7 Å². The number of benzene rings is 3. The minimum atomic E-state index is -3.68. The minimum Gasteiger partial charge on any atom is -0.497 e. The maximum atomic E-state index is 12.5. The lowest BCUT2D eigenvalue weighted by Gasteiger charge is -2.20. The van der Waals surface area contributed by atoms with Crippen LogP contribution in [0.25, 0.3) is 10.9 Å². The summed E-state index contributed by atoms with van der Waals surface area (Å²) >= 11 is 0. The van der Waals surface area contributed by atoms with Gasteiger partial charge < -0.3 is 15.0 Å². The van der Waals surface area contributed by atoms with Gasteiger partial charge in [0.2, 0.25) is 0 Å². The van der Waals surface area contributed by atoms with Crippen molar-refractivity contribution in [3.63, 3.8) is 0 Å². The first-order chi connectivity index (χ1) is 16.1. The topological polar surface area (TPSA) is 105 Å². The molecule has 0 aliphatic rings. The molecule has 3 aromatic carbocycles. The van der Waals surface area contributed by atoms with Gasteiger partial charge >= 0.3 is 0 Å². The maximum Gasteiger partial charge on any atom is 0.177 e. The summed E-state index contributed by atoms with van der Waals surface area (Å²) in [5.41, 5.74) is 3.44. The Kier molecular flexibility index (Phi) is 6.42. The normalized spacial score (nSPS) is 13.0. The van der Waals surface area contributed by atoms with Gasteiger partial charge in [0.15, 0.2) is 19.7 Å². The second kappa shape index (κ2) is 9.15.